The number of cyclic esters (lactones) is 2. The van der Waals surface area contributed by atoms with E-state index in [1.165, 1.54) is 0 Å². The van der Waals surface area contributed by atoms with E-state index in [9.17, 15) is 9.59 Å². The molecule has 12 heavy (non-hydrogen) atoms. The molecule has 0 amide bonds. The molecule has 4 nitrogen and oxygen atoms in total. The van der Waals surface area contributed by atoms with Gasteiger partial charge in [0, 0.05) is 6.42 Å². The van der Waals surface area contributed by atoms with Gasteiger partial charge < -0.3 is 9.47 Å². The van der Waals surface area contributed by atoms with Gasteiger partial charge in [0.1, 0.15) is 0 Å². The number of carbonyl (C=O) groups is 2. The Hall–Kier alpha value is -1.16. The highest BCUT2D eigenvalue weighted by molar-refractivity contribution is 5.90. The third-order valence-electron chi connectivity index (χ3n) is 1.50. The normalized spacial score (nSPS) is 23.5. The van der Waals surface area contributed by atoms with Gasteiger partial charge >= 0.3 is 11.9 Å². The van der Waals surface area contributed by atoms with Crippen molar-refractivity contribution in [1.82, 2.24) is 0 Å². The number of carbonyl (C=O) groups excluding carboxylic acids is 2. The zero-order chi connectivity index (χ0) is 8.97. The van der Waals surface area contributed by atoms with Crippen molar-refractivity contribution in [2.45, 2.75) is 18.9 Å². The Balaban J connectivity index is 2.39. The fraction of sp³-hybridized carbons (Fsp3) is 0.500. The molecule has 1 heterocycles. The summed E-state index contributed by atoms with van der Waals surface area (Å²) in [7, 11) is 0. The first-order chi connectivity index (χ1) is 5.74. The van der Waals surface area contributed by atoms with E-state index in [1.54, 1.807) is 6.08 Å². The van der Waals surface area contributed by atoms with Gasteiger partial charge in [-0.3, -0.25) is 4.79 Å². The lowest BCUT2D eigenvalue weighted by Crippen LogP contribution is -2.34. The summed E-state index contributed by atoms with van der Waals surface area (Å²) in [4.78, 5) is 21.5. The molecule has 0 saturated carbocycles. The fourth-order valence-electron chi connectivity index (χ4n) is 0.931. The molecule has 1 saturated heterocycles. The molecule has 1 rings (SSSR count). The van der Waals surface area contributed by atoms with Crippen molar-refractivity contribution >= 4 is 11.9 Å². The minimum absolute atomic E-state index is 0.244. The molecule has 1 aliphatic rings. The molecule has 0 aromatic heterocycles. The monoisotopic (exact) mass is 170 g/mol. The first-order valence-corrected chi connectivity index (χ1v) is 3.71. The van der Waals surface area contributed by atoms with Gasteiger partial charge in [0.2, 0.25) is 0 Å². The zero-order valence-corrected chi connectivity index (χ0v) is 6.62. The van der Waals surface area contributed by atoms with Crippen molar-refractivity contribution < 1.29 is 19.1 Å². The first-order valence-electron chi connectivity index (χ1n) is 3.71. The van der Waals surface area contributed by atoms with Crippen molar-refractivity contribution in [3.05, 3.63) is 12.7 Å². The van der Waals surface area contributed by atoms with E-state index in [1.807, 2.05) is 0 Å². The van der Waals surface area contributed by atoms with Gasteiger partial charge in [-0.2, -0.15) is 0 Å². The van der Waals surface area contributed by atoms with Crippen LogP contribution in [0.15, 0.2) is 12.7 Å². The first kappa shape index (κ1) is 8.93. The molecule has 0 spiro atoms. The van der Waals surface area contributed by atoms with Crippen molar-refractivity contribution in [2.75, 3.05) is 6.61 Å². The van der Waals surface area contributed by atoms with E-state index in [0.717, 1.165) is 0 Å². The molecule has 0 aliphatic carbocycles. The van der Waals surface area contributed by atoms with Crippen LogP contribution in [0.25, 0.3) is 0 Å². The summed E-state index contributed by atoms with van der Waals surface area (Å²) in [5, 5.41) is 0. The van der Waals surface area contributed by atoms with Crippen LogP contribution in [0.2, 0.25) is 0 Å². The quantitative estimate of drug-likeness (QED) is 0.350. The smallest absolute Gasteiger partial charge is 0.342 e. The Morgan fingerprint density at radius 1 is 1.67 bits per heavy atom. The second-order valence-corrected chi connectivity index (χ2v) is 2.44. The van der Waals surface area contributed by atoms with Crippen LogP contribution in [0.3, 0.4) is 0 Å². The third kappa shape index (κ3) is 2.17. The van der Waals surface area contributed by atoms with Crippen LogP contribution in [-0.4, -0.2) is 24.6 Å². The predicted octanol–water partition coefficient (Wildman–Crippen LogP) is 0.421. The van der Waals surface area contributed by atoms with Crippen LogP contribution in [-0.2, 0) is 19.1 Å². The maximum atomic E-state index is 10.9. The summed E-state index contributed by atoms with van der Waals surface area (Å²) < 4.78 is 9.41. The topological polar surface area (TPSA) is 52.6 Å². The lowest BCUT2D eigenvalue weighted by atomic mass is 10.1. The zero-order valence-electron chi connectivity index (χ0n) is 6.62. The highest BCUT2D eigenvalue weighted by Crippen LogP contribution is 2.12. The maximum Gasteiger partial charge on any atom is 0.342 e. The van der Waals surface area contributed by atoms with Crippen LogP contribution >= 0.6 is 0 Å². The highest BCUT2D eigenvalue weighted by atomic mass is 16.6. The van der Waals surface area contributed by atoms with Crippen molar-refractivity contribution in [3.8, 4) is 0 Å². The van der Waals surface area contributed by atoms with E-state index in [0.29, 0.717) is 13.0 Å². The number of hydrogen-bond acceptors (Lipinski definition) is 4. The van der Waals surface area contributed by atoms with Crippen LogP contribution < -0.4 is 0 Å². The molecule has 0 aromatic carbocycles. The van der Waals surface area contributed by atoms with Gasteiger partial charge in [0.05, 0.1) is 6.61 Å². The van der Waals surface area contributed by atoms with Crippen LogP contribution in [0.5, 0.6) is 0 Å². The molecule has 0 bridgehead atoms. The van der Waals surface area contributed by atoms with Crippen LogP contribution in [0, 0.1) is 0 Å². The molecule has 0 N–H and O–H groups in total. The largest absolute Gasteiger partial charge is 0.391 e. The summed E-state index contributed by atoms with van der Waals surface area (Å²) in [6.07, 6.45) is 1.60. The van der Waals surface area contributed by atoms with Gasteiger partial charge in [-0.25, -0.2) is 4.79 Å². The summed E-state index contributed by atoms with van der Waals surface area (Å²) >= 11 is 0. The second kappa shape index (κ2) is 4.01. The van der Waals surface area contributed by atoms with Gasteiger partial charge in [-0.15, -0.1) is 6.58 Å². The summed E-state index contributed by atoms with van der Waals surface area (Å²) in [5.41, 5.74) is 0. The Bertz CT molecular complexity index is 207. The molecule has 1 atom stereocenters. The van der Waals surface area contributed by atoms with Crippen molar-refractivity contribution in [1.29, 1.82) is 0 Å². The lowest BCUT2D eigenvalue weighted by molar-refractivity contribution is -0.173. The number of esters is 2. The Labute approximate surface area is 70.1 Å². The van der Waals surface area contributed by atoms with Crippen LogP contribution in [0.1, 0.15) is 12.8 Å². The summed E-state index contributed by atoms with van der Waals surface area (Å²) in [5.74, 6) is -1.06. The van der Waals surface area contributed by atoms with E-state index in [-0.39, 0.29) is 6.42 Å². The molecule has 1 aliphatic heterocycles. The van der Waals surface area contributed by atoms with Crippen molar-refractivity contribution in [2.24, 2.45) is 0 Å². The Morgan fingerprint density at radius 3 is 3.00 bits per heavy atom. The van der Waals surface area contributed by atoms with E-state index in [4.69, 9.17) is 4.74 Å². The van der Waals surface area contributed by atoms with Gasteiger partial charge in [0.15, 0.2) is 6.10 Å². The molecular formula is C8H10O4. The van der Waals surface area contributed by atoms with Gasteiger partial charge in [-0.05, 0) is 6.42 Å². The maximum absolute atomic E-state index is 10.9. The molecular weight excluding hydrogens is 160 g/mol. The van der Waals surface area contributed by atoms with Gasteiger partial charge in [-0.1, -0.05) is 6.08 Å². The number of hydrogen-bond donors (Lipinski definition) is 0. The standard InChI is InChI=1S/C8H10O4/c1-2-5-11-6-3-4-7(9)12-8(6)10/h2,6H,1,3-5H2/t6-/m1/s1. The van der Waals surface area contributed by atoms with E-state index < -0.39 is 18.0 Å². The Kier molecular flexibility index (Phi) is 2.99. The number of rotatable bonds is 3. The Morgan fingerprint density at radius 2 is 2.42 bits per heavy atom. The predicted molar refractivity (Wildman–Crippen MR) is 40.3 cm³/mol. The molecule has 66 valence electrons. The number of ether oxygens (including phenoxy) is 2. The molecule has 0 radical (unpaired) electrons. The fourth-order valence-corrected chi connectivity index (χ4v) is 0.931. The van der Waals surface area contributed by atoms with E-state index >= 15 is 0 Å². The summed E-state index contributed by atoms with van der Waals surface area (Å²) in [6, 6.07) is 0. The molecule has 0 aromatic rings. The molecule has 1 fully saturated rings. The minimum Gasteiger partial charge on any atom is -0.391 e. The summed E-state index contributed by atoms with van der Waals surface area (Å²) in [6.45, 7) is 3.74. The average Bonchev–Trinajstić information content (AvgIpc) is 2.03. The lowest BCUT2D eigenvalue weighted by Gasteiger charge is -2.18. The molecule has 4 heteroatoms. The second-order valence-electron chi connectivity index (χ2n) is 2.44. The molecule has 0 unspecified atom stereocenters. The van der Waals surface area contributed by atoms with E-state index in [2.05, 4.69) is 11.3 Å². The van der Waals surface area contributed by atoms with Crippen LogP contribution in [0.4, 0.5) is 0 Å². The average molecular weight is 170 g/mol. The SMILES string of the molecule is C=CCO[C@@H]1CCC(=O)OC1=O. The highest BCUT2D eigenvalue weighted by Gasteiger charge is 2.29. The van der Waals surface area contributed by atoms with Crippen molar-refractivity contribution in [3.63, 3.8) is 0 Å². The van der Waals surface area contributed by atoms with Gasteiger partial charge in [0.25, 0.3) is 0 Å². The minimum atomic E-state index is -0.597. The third-order valence-corrected chi connectivity index (χ3v) is 1.50.